The van der Waals surface area contributed by atoms with Crippen LogP contribution in [-0.2, 0) is 11.3 Å². The zero-order valence-electron chi connectivity index (χ0n) is 15.7. The minimum absolute atomic E-state index is 0.00318. The van der Waals surface area contributed by atoms with E-state index in [1.165, 1.54) is 0 Å². The van der Waals surface area contributed by atoms with E-state index in [1.54, 1.807) is 51.8 Å². The van der Waals surface area contributed by atoms with Gasteiger partial charge in [-0.1, -0.05) is 18.2 Å². The summed E-state index contributed by atoms with van der Waals surface area (Å²) in [7, 11) is 4.74. The number of aromatic nitrogens is 1. The van der Waals surface area contributed by atoms with Gasteiger partial charge in [0.1, 0.15) is 12.4 Å². The van der Waals surface area contributed by atoms with Crippen LogP contribution in [0.1, 0.15) is 21.6 Å². The van der Waals surface area contributed by atoms with E-state index < -0.39 is 5.97 Å². The number of methoxy groups -OCH3 is 3. The average molecular weight is 367 g/mol. The molecule has 0 fully saturated rings. The standard InChI is InChI=1S/C21H21NO5/c1-13-18(24-2)15-10-11-22-16(17(15)20(26-4)19(13)25-3)12-27-21(23)14-8-6-5-7-9-14/h5-11H,12H2,1-4H3. The molecule has 1 heterocycles. The number of benzene rings is 2. The summed E-state index contributed by atoms with van der Waals surface area (Å²) in [5, 5.41) is 1.51. The van der Waals surface area contributed by atoms with Gasteiger partial charge in [-0.15, -0.1) is 0 Å². The van der Waals surface area contributed by atoms with Crippen LogP contribution in [0.2, 0.25) is 0 Å². The zero-order chi connectivity index (χ0) is 19.4. The highest BCUT2D eigenvalue weighted by atomic mass is 16.5. The smallest absolute Gasteiger partial charge is 0.338 e. The molecule has 3 aromatic rings. The molecule has 0 aliphatic heterocycles. The highest BCUT2D eigenvalue weighted by Crippen LogP contribution is 2.46. The van der Waals surface area contributed by atoms with Gasteiger partial charge in [0.25, 0.3) is 0 Å². The Hall–Kier alpha value is -3.28. The molecule has 0 atom stereocenters. The van der Waals surface area contributed by atoms with Gasteiger partial charge in [0.2, 0.25) is 0 Å². The molecule has 140 valence electrons. The Morgan fingerprint density at radius 2 is 1.59 bits per heavy atom. The molecule has 27 heavy (non-hydrogen) atoms. The van der Waals surface area contributed by atoms with Crippen molar-refractivity contribution in [2.75, 3.05) is 21.3 Å². The van der Waals surface area contributed by atoms with Crippen molar-refractivity contribution >= 4 is 16.7 Å². The first-order valence-electron chi connectivity index (χ1n) is 8.40. The van der Waals surface area contributed by atoms with Crippen LogP contribution in [0.3, 0.4) is 0 Å². The number of rotatable bonds is 6. The van der Waals surface area contributed by atoms with Gasteiger partial charge < -0.3 is 18.9 Å². The third kappa shape index (κ3) is 3.38. The largest absolute Gasteiger partial charge is 0.496 e. The first-order chi connectivity index (χ1) is 13.1. The van der Waals surface area contributed by atoms with Gasteiger partial charge in [0.15, 0.2) is 11.5 Å². The first-order valence-corrected chi connectivity index (χ1v) is 8.40. The van der Waals surface area contributed by atoms with Crippen molar-refractivity contribution in [1.29, 1.82) is 0 Å². The molecule has 0 saturated carbocycles. The molecule has 0 spiro atoms. The van der Waals surface area contributed by atoms with E-state index in [4.69, 9.17) is 18.9 Å². The molecule has 0 unspecified atom stereocenters. The van der Waals surface area contributed by atoms with E-state index >= 15 is 0 Å². The second-order valence-electron chi connectivity index (χ2n) is 5.85. The molecule has 3 rings (SSSR count). The van der Waals surface area contributed by atoms with Crippen molar-refractivity contribution in [3.8, 4) is 17.2 Å². The van der Waals surface area contributed by atoms with E-state index in [0.29, 0.717) is 33.9 Å². The lowest BCUT2D eigenvalue weighted by Gasteiger charge is -2.19. The van der Waals surface area contributed by atoms with Gasteiger partial charge in [-0.2, -0.15) is 0 Å². The third-order valence-electron chi connectivity index (χ3n) is 4.35. The molecule has 1 aromatic heterocycles. The van der Waals surface area contributed by atoms with Gasteiger partial charge in [0.05, 0.1) is 38.0 Å². The van der Waals surface area contributed by atoms with E-state index in [9.17, 15) is 4.79 Å². The van der Waals surface area contributed by atoms with Gasteiger partial charge in [-0.05, 0) is 25.1 Å². The maximum Gasteiger partial charge on any atom is 0.338 e. The molecule has 0 aliphatic carbocycles. The van der Waals surface area contributed by atoms with Crippen molar-refractivity contribution in [2.45, 2.75) is 13.5 Å². The lowest BCUT2D eigenvalue weighted by Crippen LogP contribution is -2.07. The van der Waals surface area contributed by atoms with Crippen LogP contribution in [0.4, 0.5) is 0 Å². The lowest BCUT2D eigenvalue weighted by molar-refractivity contribution is 0.0469. The summed E-state index contributed by atoms with van der Waals surface area (Å²) < 4.78 is 22.2. The Morgan fingerprint density at radius 3 is 2.22 bits per heavy atom. The Labute approximate surface area is 157 Å². The summed E-state index contributed by atoms with van der Waals surface area (Å²) in [5.74, 6) is 1.34. The summed E-state index contributed by atoms with van der Waals surface area (Å²) in [6, 6.07) is 10.7. The molecule has 0 N–H and O–H groups in total. The molecule has 6 heteroatoms. The molecule has 0 bridgehead atoms. The number of nitrogens with zero attached hydrogens (tertiary/aromatic N) is 1. The average Bonchev–Trinajstić information content (AvgIpc) is 2.71. The molecule has 0 saturated heterocycles. The number of carbonyl (C=O) groups is 1. The Morgan fingerprint density at radius 1 is 0.926 bits per heavy atom. The van der Waals surface area contributed by atoms with Crippen molar-refractivity contribution in [2.24, 2.45) is 0 Å². The highest BCUT2D eigenvalue weighted by molar-refractivity contribution is 5.99. The number of hydrogen-bond acceptors (Lipinski definition) is 6. The van der Waals surface area contributed by atoms with Crippen LogP contribution in [0.15, 0.2) is 42.6 Å². The number of esters is 1. The van der Waals surface area contributed by atoms with Crippen LogP contribution < -0.4 is 14.2 Å². The molecule has 0 amide bonds. The molecular weight excluding hydrogens is 346 g/mol. The number of pyridine rings is 1. The van der Waals surface area contributed by atoms with Gasteiger partial charge in [-0.25, -0.2) is 4.79 Å². The minimum Gasteiger partial charge on any atom is -0.496 e. The second kappa shape index (κ2) is 7.95. The van der Waals surface area contributed by atoms with Crippen LogP contribution in [-0.4, -0.2) is 32.3 Å². The van der Waals surface area contributed by atoms with Gasteiger partial charge in [0, 0.05) is 17.1 Å². The Balaban J connectivity index is 2.07. The number of hydrogen-bond donors (Lipinski definition) is 0. The van der Waals surface area contributed by atoms with Crippen molar-refractivity contribution < 1.29 is 23.7 Å². The topological polar surface area (TPSA) is 66.9 Å². The van der Waals surface area contributed by atoms with Crippen LogP contribution in [0.25, 0.3) is 10.8 Å². The fraction of sp³-hybridized carbons (Fsp3) is 0.238. The Kier molecular flexibility index (Phi) is 5.45. The number of ether oxygens (including phenoxy) is 4. The summed E-state index contributed by atoms with van der Waals surface area (Å²) in [6.45, 7) is 1.89. The third-order valence-corrected chi connectivity index (χ3v) is 4.35. The van der Waals surface area contributed by atoms with E-state index in [2.05, 4.69) is 4.98 Å². The summed E-state index contributed by atoms with van der Waals surface area (Å²) in [6.07, 6.45) is 1.65. The Bertz CT molecular complexity index is 969. The SMILES string of the molecule is COc1c(C)c(OC)c2ccnc(COC(=O)c3ccccc3)c2c1OC. The molecule has 0 radical (unpaired) electrons. The van der Waals surface area contributed by atoms with Crippen molar-refractivity contribution in [3.63, 3.8) is 0 Å². The summed E-state index contributed by atoms with van der Waals surface area (Å²) in [5.41, 5.74) is 1.86. The monoisotopic (exact) mass is 367 g/mol. The summed E-state index contributed by atoms with van der Waals surface area (Å²) >= 11 is 0. The van der Waals surface area contributed by atoms with Crippen LogP contribution in [0, 0.1) is 6.92 Å². The predicted octanol–water partition coefficient (Wildman–Crippen LogP) is 3.93. The maximum absolute atomic E-state index is 12.3. The zero-order valence-corrected chi connectivity index (χ0v) is 15.7. The fourth-order valence-electron chi connectivity index (χ4n) is 3.14. The normalized spacial score (nSPS) is 10.5. The van der Waals surface area contributed by atoms with E-state index in [0.717, 1.165) is 10.9 Å². The van der Waals surface area contributed by atoms with E-state index in [-0.39, 0.29) is 6.61 Å². The number of carbonyl (C=O) groups excluding carboxylic acids is 1. The quantitative estimate of drug-likeness (QED) is 0.615. The number of fused-ring (bicyclic) bond motifs is 1. The molecule has 6 nitrogen and oxygen atoms in total. The summed E-state index contributed by atoms with van der Waals surface area (Å²) in [4.78, 5) is 16.7. The molecular formula is C21H21NO5. The second-order valence-corrected chi connectivity index (χ2v) is 5.85. The molecule has 0 aliphatic rings. The van der Waals surface area contributed by atoms with Gasteiger partial charge in [-0.3, -0.25) is 4.98 Å². The van der Waals surface area contributed by atoms with Gasteiger partial charge >= 0.3 is 5.97 Å². The first kappa shape index (κ1) is 18.5. The lowest BCUT2D eigenvalue weighted by atomic mass is 10.0. The van der Waals surface area contributed by atoms with Crippen molar-refractivity contribution in [3.05, 3.63) is 59.4 Å². The van der Waals surface area contributed by atoms with Crippen molar-refractivity contribution in [1.82, 2.24) is 4.98 Å². The van der Waals surface area contributed by atoms with Crippen LogP contribution >= 0.6 is 0 Å². The van der Waals surface area contributed by atoms with E-state index in [1.807, 2.05) is 19.1 Å². The highest BCUT2D eigenvalue weighted by Gasteiger charge is 2.22. The minimum atomic E-state index is -0.417. The predicted molar refractivity (Wildman–Crippen MR) is 102 cm³/mol. The maximum atomic E-state index is 12.3. The van der Waals surface area contributed by atoms with Crippen LogP contribution in [0.5, 0.6) is 17.2 Å². The fourth-order valence-corrected chi connectivity index (χ4v) is 3.14. The molecule has 2 aromatic carbocycles.